The maximum Gasteiger partial charge on any atom is 0.331 e. The fourth-order valence-corrected chi connectivity index (χ4v) is 5.27. The average molecular weight is 618 g/mol. The first kappa shape index (κ1) is 24.3. The molecule has 0 saturated carbocycles. The molecular weight excluding hydrogens is 603 g/mol. The van der Waals surface area contributed by atoms with Crippen LogP contribution in [0, 0.1) is 0 Å². The lowest BCUT2D eigenvalue weighted by Crippen LogP contribution is -2.63. The highest BCUT2D eigenvalue weighted by atomic mass is 79.9. The average Bonchev–Trinajstić information content (AvgIpc) is 3.12. The molecule has 2 aliphatic rings. The fraction of sp³-hybridized carbons (Fsp3) is 0.160. The SMILES string of the molecule is O=C(CN1C(=O)CC[C@@](F)(N2C(=O)c3ccccc3C2=O)C1=O)Oc1ccc2cc(Br)ccc2c1Br. The molecule has 2 aliphatic heterocycles. The van der Waals surface area contributed by atoms with Crippen LogP contribution in [0.5, 0.6) is 5.75 Å². The van der Waals surface area contributed by atoms with Gasteiger partial charge in [-0.1, -0.05) is 40.2 Å². The quantitative estimate of drug-likeness (QED) is 0.186. The van der Waals surface area contributed by atoms with Gasteiger partial charge < -0.3 is 4.74 Å². The number of alkyl halides is 1. The van der Waals surface area contributed by atoms with Gasteiger partial charge in [0.2, 0.25) is 5.91 Å². The van der Waals surface area contributed by atoms with Crippen LogP contribution in [0.15, 0.2) is 63.5 Å². The van der Waals surface area contributed by atoms with Gasteiger partial charge in [-0.2, -0.15) is 0 Å². The second kappa shape index (κ2) is 8.90. The lowest BCUT2D eigenvalue weighted by atomic mass is 9.99. The van der Waals surface area contributed by atoms with E-state index in [0.29, 0.717) is 9.37 Å². The van der Waals surface area contributed by atoms with E-state index in [9.17, 15) is 24.0 Å². The number of benzene rings is 3. The number of nitrogens with zero attached hydrogens (tertiary/aromatic N) is 2. The Kier molecular flexibility index (Phi) is 6.00. The zero-order chi connectivity index (χ0) is 25.8. The number of halogens is 3. The standard InChI is InChI=1S/C25H15Br2FN2O6/c26-14-6-7-15-13(11-14)5-8-18(21(15)27)36-20(32)12-29-19(31)9-10-25(28,24(29)35)30-22(33)16-3-1-2-4-17(16)23(30)34/h1-8,11H,9-10,12H2/t25-/m1/s1. The minimum atomic E-state index is -3.11. The molecule has 0 aliphatic carbocycles. The van der Waals surface area contributed by atoms with Crippen molar-refractivity contribution < 1.29 is 33.1 Å². The van der Waals surface area contributed by atoms with Gasteiger partial charge >= 0.3 is 5.97 Å². The zero-order valence-electron chi connectivity index (χ0n) is 18.3. The second-order valence-electron chi connectivity index (χ2n) is 8.25. The third-order valence-electron chi connectivity index (χ3n) is 6.08. The molecule has 36 heavy (non-hydrogen) atoms. The van der Waals surface area contributed by atoms with E-state index < -0.39 is 54.8 Å². The van der Waals surface area contributed by atoms with Crippen LogP contribution in [-0.2, 0) is 14.4 Å². The van der Waals surface area contributed by atoms with Crippen molar-refractivity contribution in [2.75, 3.05) is 6.54 Å². The molecule has 0 radical (unpaired) electrons. The lowest BCUT2D eigenvalue weighted by molar-refractivity contribution is -0.170. The predicted octanol–water partition coefficient (Wildman–Crippen LogP) is 4.38. The van der Waals surface area contributed by atoms with E-state index in [0.717, 1.165) is 15.2 Å². The Labute approximate surface area is 220 Å². The highest BCUT2D eigenvalue weighted by Crippen LogP contribution is 2.38. The number of amides is 4. The number of esters is 1. The highest BCUT2D eigenvalue weighted by Gasteiger charge is 2.59. The van der Waals surface area contributed by atoms with Crippen LogP contribution in [0.1, 0.15) is 33.6 Å². The summed E-state index contributed by atoms with van der Waals surface area (Å²) in [5, 5.41) is 1.61. The molecule has 3 aromatic rings. The van der Waals surface area contributed by atoms with Crippen LogP contribution in [0.3, 0.4) is 0 Å². The van der Waals surface area contributed by atoms with E-state index in [4.69, 9.17) is 4.74 Å². The molecule has 5 rings (SSSR count). The molecule has 4 amide bonds. The Bertz CT molecular complexity index is 1470. The van der Waals surface area contributed by atoms with Gasteiger partial charge in [0.15, 0.2) is 0 Å². The first-order chi connectivity index (χ1) is 17.1. The van der Waals surface area contributed by atoms with Crippen molar-refractivity contribution in [3.63, 3.8) is 0 Å². The molecule has 3 aromatic carbocycles. The van der Waals surface area contributed by atoms with E-state index in [1.54, 1.807) is 12.1 Å². The minimum Gasteiger partial charge on any atom is -0.424 e. The van der Waals surface area contributed by atoms with Crippen molar-refractivity contribution in [3.05, 3.63) is 74.7 Å². The topological polar surface area (TPSA) is 101 Å². The Hall–Kier alpha value is -3.44. The molecule has 0 unspecified atom stereocenters. The van der Waals surface area contributed by atoms with Crippen LogP contribution in [-0.4, -0.2) is 51.7 Å². The molecule has 182 valence electrons. The number of hydrogen-bond acceptors (Lipinski definition) is 6. The molecule has 1 atom stereocenters. The molecule has 1 saturated heterocycles. The van der Waals surface area contributed by atoms with Gasteiger partial charge in [0.1, 0.15) is 12.3 Å². The number of carbonyl (C=O) groups excluding carboxylic acids is 5. The van der Waals surface area contributed by atoms with Gasteiger partial charge in [0.25, 0.3) is 23.5 Å². The third kappa shape index (κ3) is 3.82. The van der Waals surface area contributed by atoms with Crippen LogP contribution in [0.25, 0.3) is 10.8 Å². The van der Waals surface area contributed by atoms with Gasteiger partial charge in [-0.3, -0.25) is 24.1 Å². The minimum absolute atomic E-state index is 0.0385. The van der Waals surface area contributed by atoms with Crippen molar-refractivity contribution >= 4 is 72.2 Å². The van der Waals surface area contributed by atoms with Gasteiger partial charge in [0, 0.05) is 17.3 Å². The molecule has 0 bridgehead atoms. The smallest absolute Gasteiger partial charge is 0.331 e. The van der Waals surface area contributed by atoms with Gasteiger partial charge in [-0.15, -0.1) is 0 Å². The van der Waals surface area contributed by atoms with Crippen LogP contribution >= 0.6 is 31.9 Å². The molecule has 8 nitrogen and oxygen atoms in total. The molecule has 0 spiro atoms. The van der Waals surface area contributed by atoms with E-state index in [-0.39, 0.29) is 21.8 Å². The third-order valence-corrected chi connectivity index (χ3v) is 7.40. The normalized spacial score (nSPS) is 19.8. The summed E-state index contributed by atoms with van der Waals surface area (Å²) in [6.07, 6.45) is -1.19. The monoisotopic (exact) mass is 616 g/mol. The van der Waals surface area contributed by atoms with Crippen LogP contribution < -0.4 is 4.74 Å². The summed E-state index contributed by atoms with van der Waals surface area (Å²) in [5.41, 5.74) is -0.0771. The molecule has 11 heteroatoms. The molecule has 2 heterocycles. The summed E-state index contributed by atoms with van der Waals surface area (Å²) in [7, 11) is 0. The summed E-state index contributed by atoms with van der Waals surface area (Å²) in [5.74, 6) is -8.21. The number of imide groups is 2. The maximum atomic E-state index is 16.1. The Morgan fingerprint density at radius 3 is 2.31 bits per heavy atom. The van der Waals surface area contributed by atoms with Gasteiger partial charge in [-0.25, -0.2) is 14.1 Å². The molecule has 0 N–H and O–H groups in total. The fourth-order valence-electron chi connectivity index (χ4n) is 4.32. The van der Waals surface area contributed by atoms with Crippen molar-refractivity contribution in [1.82, 2.24) is 9.80 Å². The van der Waals surface area contributed by atoms with E-state index in [1.807, 2.05) is 12.1 Å². The summed E-state index contributed by atoms with van der Waals surface area (Å²) in [6, 6.07) is 14.5. The van der Waals surface area contributed by atoms with Crippen LogP contribution in [0.2, 0.25) is 0 Å². The summed E-state index contributed by atoms with van der Waals surface area (Å²) in [6.45, 7) is -0.892. The predicted molar refractivity (Wildman–Crippen MR) is 132 cm³/mol. The number of carbonyl (C=O) groups is 5. The number of fused-ring (bicyclic) bond motifs is 2. The van der Waals surface area contributed by atoms with Gasteiger partial charge in [-0.05, 0) is 57.0 Å². The van der Waals surface area contributed by atoms with E-state index >= 15 is 4.39 Å². The van der Waals surface area contributed by atoms with Crippen LogP contribution in [0.4, 0.5) is 4.39 Å². The van der Waals surface area contributed by atoms with Crippen molar-refractivity contribution in [2.45, 2.75) is 18.6 Å². The Morgan fingerprint density at radius 2 is 1.64 bits per heavy atom. The lowest BCUT2D eigenvalue weighted by Gasteiger charge is -2.38. The highest BCUT2D eigenvalue weighted by molar-refractivity contribution is 9.11. The van der Waals surface area contributed by atoms with Crippen molar-refractivity contribution in [3.8, 4) is 5.75 Å². The van der Waals surface area contributed by atoms with E-state index in [2.05, 4.69) is 31.9 Å². The molecule has 0 aromatic heterocycles. The number of rotatable bonds is 4. The zero-order valence-corrected chi connectivity index (χ0v) is 21.5. The number of likely N-dealkylation sites (tertiary alicyclic amines) is 1. The van der Waals surface area contributed by atoms with Crippen molar-refractivity contribution in [1.29, 1.82) is 0 Å². The molecular formula is C25H15Br2FN2O6. The summed E-state index contributed by atoms with van der Waals surface area (Å²) < 4.78 is 22.8. The number of ether oxygens (including phenoxy) is 1. The second-order valence-corrected chi connectivity index (χ2v) is 9.96. The Balaban J connectivity index is 1.38. The summed E-state index contributed by atoms with van der Waals surface area (Å²) in [4.78, 5) is 64.5. The maximum absolute atomic E-state index is 16.1. The largest absolute Gasteiger partial charge is 0.424 e. The Morgan fingerprint density at radius 1 is 0.972 bits per heavy atom. The van der Waals surface area contributed by atoms with Crippen molar-refractivity contribution in [2.24, 2.45) is 0 Å². The number of hydrogen-bond donors (Lipinski definition) is 0. The number of piperidine rings is 1. The van der Waals surface area contributed by atoms with E-state index in [1.165, 1.54) is 30.3 Å². The first-order valence-corrected chi connectivity index (χ1v) is 12.3. The van der Waals surface area contributed by atoms with Gasteiger partial charge in [0.05, 0.1) is 15.6 Å². The summed E-state index contributed by atoms with van der Waals surface area (Å²) >= 11 is 6.78. The molecule has 1 fully saturated rings. The first-order valence-electron chi connectivity index (χ1n) is 10.7.